The molecule has 0 fully saturated rings. The zero-order valence-electron chi connectivity index (χ0n) is 11.7. The number of benzene rings is 1. The van der Waals surface area contributed by atoms with Crippen LogP contribution in [0.3, 0.4) is 0 Å². The van der Waals surface area contributed by atoms with Crippen LogP contribution in [-0.2, 0) is 4.74 Å². The second-order valence-corrected chi connectivity index (χ2v) is 4.39. The third kappa shape index (κ3) is 3.58. The van der Waals surface area contributed by atoms with E-state index < -0.39 is 0 Å². The van der Waals surface area contributed by atoms with Crippen molar-refractivity contribution in [2.24, 2.45) is 4.99 Å². The molecule has 0 atom stereocenters. The number of rotatable bonds is 4. The van der Waals surface area contributed by atoms with Gasteiger partial charge in [0.1, 0.15) is 0 Å². The highest BCUT2D eigenvalue weighted by Gasteiger charge is 2.10. The van der Waals surface area contributed by atoms with Gasteiger partial charge in [-0.1, -0.05) is 0 Å². The second kappa shape index (κ2) is 6.19. The minimum absolute atomic E-state index is 0.285. The number of carbonyl (C=O) groups is 1. The van der Waals surface area contributed by atoms with Crippen molar-refractivity contribution in [3.8, 4) is 0 Å². The Labute approximate surface area is 108 Å². The van der Waals surface area contributed by atoms with E-state index in [1.807, 2.05) is 45.0 Å². The van der Waals surface area contributed by atoms with E-state index >= 15 is 0 Å². The molecule has 1 rings (SSSR count). The topological polar surface area (TPSA) is 41.9 Å². The molecule has 0 amide bonds. The van der Waals surface area contributed by atoms with Gasteiger partial charge in [0.15, 0.2) is 0 Å². The van der Waals surface area contributed by atoms with E-state index in [1.54, 1.807) is 13.3 Å². The molecule has 0 aromatic heterocycles. The lowest BCUT2D eigenvalue weighted by atomic mass is 10.0. The van der Waals surface area contributed by atoms with Crippen LogP contribution in [0.5, 0.6) is 0 Å². The smallest absolute Gasteiger partial charge is 0.338 e. The normalized spacial score (nSPS) is 10.7. The largest absolute Gasteiger partial charge is 0.462 e. The summed E-state index contributed by atoms with van der Waals surface area (Å²) < 4.78 is 4.99. The second-order valence-electron chi connectivity index (χ2n) is 4.39. The number of nitrogens with zero attached hydrogens (tertiary/aromatic N) is 2. The third-order valence-corrected chi connectivity index (χ3v) is 2.42. The van der Waals surface area contributed by atoms with Crippen LogP contribution >= 0.6 is 0 Å². The molecule has 1 aromatic carbocycles. The number of esters is 1. The molecule has 0 heterocycles. The number of ether oxygens (including phenoxy) is 1. The summed E-state index contributed by atoms with van der Waals surface area (Å²) in [6.45, 7) is 6.07. The monoisotopic (exact) mass is 248 g/mol. The third-order valence-electron chi connectivity index (χ3n) is 2.42. The van der Waals surface area contributed by atoms with Crippen molar-refractivity contribution in [1.29, 1.82) is 0 Å². The lowest BCUT2D eigenvalue weighted by Crippen LogP contribution is -2.08. The molecule has 0 aliphatic carbocycles. The van der Waals surface area contributed by atoms with E-state index in [1.165, 1.54) is 0 Å². The Balaban J connectivity index is 3.08. The van der Waals surface area contributed by atoms with Crippen molar-refractivity contribution in [2.75, 3.05) is 20.7 Å². The van der Waals surface area contributed by atoms with Gasteiger partial charge in [-0.3, -0.25) is 0 Å². The van der Waals surface area contributed by atoms with Crippen LogP contribution in [0.4, 0.5) is 5.69 Å². The van der Waals surface area contributed by atoms with Gasteiger partial charge in [0.25, 0.3) is 0 Å². The first kappa shape index (κ1) is 14.2. The van der Waals surface area contributed by atoms with Crippen molar-refractivity contribution in [3.63, 3.8) is 0 Å². The zero-order valence-corrected chi connectivity index (χ0v) is 11.7. The van der Waals surface area contributed by atoms with E-state index in [4.69, 9.17) is 4.74 Å². The molecule has 0 aliphatic rings. The number of carbonyl (C=O) groups excluding carboxylic acids is 1. The molecule has 0 spiro atoms. The summed E-state index contributed by atoms with van der Waals surface area (Å²) in [6.07, 6.45) is 1.75. The number of hydrogen-bond donors (Lipinski definition) is 0. The SMILES string of the molecule is CCOC(=O)c1cc(C)c(N=CN(C)C)c(C)c1. The molecular formula is C14H20N2O2. The highest BCUT2D eigenvalue weighted by molar-refractivity contribution is 5.90. The van der Waals surface area contributed by atoms with Crippen LogP contribution < -0.4 is 0 Å². The number of hydrogen-bond acceptors (Lipinski definition) is 3. The van der Waals surface area contributed by atoms with Crippen LogP contribution in [-0.4, -0.2) is 37.9 Å². The van der Waals surface area contributed by atoms with Gasteiger partial charge in [-0.2, -0.15) is 0 Å². The van der Waals surface area contributed by atoms with Gasteiger partial charge < -0.3 is 9.64 Å². The maximum atomic E-state index is 11.7. The van der Waals surface area contributed by atoms with Crippen molar-refractivity contribution in [2.45, 2.75) is 20.8 Å². The van der Waals surface area contributed by atoms with E-state index in [0.29, 0.717) is 12.2 Å². The van der Waals surface area contributed by atoms with E-state index in [0.717, 1.165) is 16.8 Å². The van der Waals surface area contributed by atoms with Crippen LogP contribution in [0.25, 0.3) is 0 Å². The summed E-state index contributed by atoms with van der Waals surface area (Å²) >= 11 is 0. The summed E-state index contributed by atoms with van der Waals surface area (Å²) in [5.41, 5.74) is 3.42. The Morgan fingerprint density at radius 1 is 1.33 bits per heavy atom. The highest BCUT2D eigenvalue weighted by atomic mass is 16.5. The number of aliphatic imine (C=N–C) groups is 1. The van der Waals surface area contributed by atoms with Gasteiger partial charge in [-0.25, -0.2) is 9.79 Å². The average molecular weight is 248 g/mol. The minimum Gasteiger partial charge on any atom is -0.462 e. The van der Waals surface area contributed by atoms with Gasteiger partial charge >= 0.3 is 5.97 Å². The summed E-state index contributed by atoms with van der Waals surface area (Å²) in [5.74, 6) is -0.285. The van der Waals surface area contributed by atoms with Crippen LogP contribution in [0.1, 0.15) is 28.4 Å². The van der Waals surface area contributed by atoms with E-state index in [-0.39, 0.29) is 5.97 Å². The molecule has 0 unspecified atom stereocenters. The van der Waals surface area contributed by atoms with Crippen molar-refractivity contribution in [1.82, 2.24) is 4.90 Å². The lowest BCUT2D eigenvalue weighted by Gasteiger charge is -2.10. The molecular weight excluding hydrogens is 228 g/mol. The molecule has 98 valence electrons. The summed E-state index contributed by atoms with van der Waals surface area (Å²) in [5, 5.41) is 0. The van der Waals surface area contributed by atoms with Crippen molar-refractivity contribution >= 4 is 18.0 Å². The molecule has 0 aliphatic heterocycles. The zero-order chi connectivity index (χ0) is 13.7. The lowest BCUT2D eigenvalue weighted by molar-refractivity contribution is 0.0526. The van der Waals surface area contributed by atoms with Gasteiger partial charge in [-0.05, 0) is 44.0 Å². The number of aryl methyl sites for hydroxylation is 2. The molecule has 0 radical (unpaired) electrons. The highest BCUT2D eigenvalue weighted by Crippen LogP contribution is 2.25. The average Bonchev–Trinajstić information content (AvgIpc) is 2.27. The molecule has 4 nitrogen and oxygen atoms in total. The van der Waals surface area contributed by atoms with Gasteiger partial charge in [-0.15, -0.1) is 0 Å². The Morgan fingerprint density at radius 2 is 1.89 bits per heavy atom. The fourth-order valence-corrected chi connectivity index (χ4v) is 1.67. The van der Waals surface area contributed by atoms with Crippen LogP contribution in [0.2, 0.25) is 0 Å². The maximum Gasteiger partial charge on any atom is 0.338 e. The predicted octanol–water partition coefficient (Wildman–Crippen LogP) is 2.70. The van der Waals surface area contributed by atoms with Crippen molar-refractivity contribution < 1.29 is 9.53 Å². The van der Waals surface area contributed by atoms with Gasteiger partial charge in [0.2, 0.25) is 0 Å². The predicted molar refractivity (Wildman–Crippen MR) is 73.7 cm³/mol. The molecule has 0 N–H and O–H groups in total. The quantitative estimate of drug-likeness (QED) is 0.467. The summed E-state index contributed by atoms with van der Waals surface area (Å²) in [7, 11) is 3.84. The fourth-order valence-electron chi connectivity index (χ4n) is 1.67. The standard InChI is InChI=1S/C14H20N2O2/c1-6-18-14(17)12-7-10(2)13(11(3)8-12)15-9-16(4)5/h7-9H,6H2,1-5H3. The molecule has 0 saturated carbocycles. The summed E-state index contributed by atoms with van der Waals surface area (Å²) in [4.78, 5) is 17.9. The first-order valence-electron chi connectivity index (χ1n) is 5.94. The molecule has 4 heteroatoms. The van der Waals surface area contributed by atoms with Crippen LogP contribution in [0.15, 0.2) is 17.1 Å². The molecule has 0 bridgehead atoms. The minimum atomic E-state index is -0.285. The van der Waals surface area contributed by atoms with Gasteiger partial charge in [0, 0.05) is 14.1 Å². The van der Waals surface area contributed by atoms with Crippen molar-refractivity contribution in [3.05, 3.63) is 28.8 Å². The summed E-state index contributed by atoms with van der Waals surface area (Å²) in [6, 6.07) is 3.63. The Bertz CT molecular complexity index is 442. The van der Waals surface area contributed by atoms with E-state index in [9.17, 15) is 4.79 Å². The fraction of sp³-hybridized carbons (Fsp3) is 0.429. The van der Waals surface area contributed by atoms with Crippen LogP contribution in [0, 0.1) is 13.8 Å². The molecule has 1 aromatic rings. The van der Waals surface area contributed by atoms with E-state index in [2.05, 4.69) is 4.99 Å². The first-order chi connectivity index (χ1) is 8.45. The Kier molecular flexibility index (Phi) is 4.89. The molecule has 0 saturated heterocycles. The maximum absolute atomic E-state index is 11.7. The Hall–Kier alpha value is -1.84. The molecule has 18 heavy (non-hydrogen) atoms. The van der Waals surface area contributed by atoms with Gasteiger partial charge in [0.05, 0.1) is 24.2 Å². The Morgan fingerprint density at radius 3 is 2.33 bits per heavy atom. The first-order valence-corrected chi connectivity index (χ1v) is 5.94.